The van der Waals surface area contributed by atoms with Crippen LogP contribution in [0.5, 0.6) is 11.6 Å². The summed E-state index contributed by atoms with van der Waals surface area (Å²) in [6, 6.07) is 11.7. The van der Waals surface area contributed by atoms with Gasteiger partial charge in [-0.2, -0.15) is 0 Å². The van der Waals surface area contributed by atoms with Crippen molar-refractivity contribution < 1.29 is 14.2 Å². The van der Waals surface area contributed by atoms with Gasteiger partial charge in [0.25, 0.3) is 0 Å². The molecular weight excluding hydrogens is 369 g/mol. The maximum absolute atomic E-state index is 5.74. The van der Waals surface area contributed by atoms with Gasteiger partial charge in [0.2, 0.25) is 5.88 Å². The molecule has 0 saturated carbocycles. The maximum atomic E-state index is 5.74. The molecule has 5 heteroatoms. The van der Waals surface area contributed by atoms with E-state index < -0.39 is 0 Å². The maximum Gasteiger partial charge on any atom is 0.213 e. The van der Waals surface area contributed by atoms with Crippen LogP contribution in [0.4, 0.5) is 0 Å². The lowest BCUT2D eigenvalue weighted by Crippen LogP contribution is -2.06. The van der Waals surface area contributed by atoms with E-state index in [9.17, 15) is 0 Å². The minimum absolute atomic E-state index is 0.489. The van der Waals surface area contributed by atoms with Crippen LogP contribution in [0.15, 0.2) is 42.6 Å². The molecule has 2 aromatic rings. The molecule has 0 fully saturated rings. The largest absolute Gasteiger partial charge is 0.489 e. The molecule has 0 atom stereocenters. The number of pyridine rings is 1. The molecule has 4 nitrogen and oxygen atoms in total. The van der Waals surface area contributed by atoms with Crippen molar-refractivity contribution in [2.24, 2.45) is 0 Å². The number of benzene rings is 1. The molecule has 0 N–H and O–H groups in total. The Morgan fingerprint density at radius 2 is 2.00 bits per heavy atom. The van der Waals surface area contributed by atoms with E-state index in [-0.39, 0.29) is 0 Å². The summed E-state index contributed by atoms with van der Waals surface area (Å²) in [4.78, 5) is 4.15. The second-order valence-electron chi connectivity index (χ2n) is 4.09. The van der Waals surface area contributed by atoms with Crippen molar-refractivity contribution in [3.63, 3.8) is 0 Å². The van der Waals surface area contributed by atoms with Gasteiger partial charge in [-0.25, -0.2) is 4.98 Å². The molecule has 1 heterocycles. The summed E-state index contributed by atoms with van der Waals surface area (Å²) in [5.74, 6) is 1.45. The van der Waals surface area contributed by atoms with Crippen LogP contribution in [0.2, 0.25) is 0 Å². The molecule has 1 aromatic heterocycles. The van der Waals surface area contributed by atoms with Gasteiger partial charge in [0.15, 0.2) is 0 Å². The fraction of sp³-hybridized carbons (Fsp3) is 0.267. The standard InChI is InChI=1S/C15H16INO3/c1-18-7-8-19-15-9-12(5-6-17-15)11-20-14-4-2-3-13(16)10-14/h2-6,9-10H,7-8,11H2,1H3. The van der Waals surface area contributed by atoms with Crippen molar-refractivity contribution in [2.75, 3.05) is 20.3 Å². The third-order valence-corrected chi connectivity index (χ3v) is 3.21. The van der Waals surface area contributed by atoms with Crippen molar-refractivity contribution >= 4 is 22.6 Å². The van der Waals surface area contributed by atoms with E-state index in [0.717, 1.165) is 14.9 Å². The second-order valence-corrected chi connectivity index (χ2v) is 5.34. The number of hydrogen-bond donors (Lipinski definition) is 0. The zero-order valence-electron chi connectivity index (χ0n) is 11.2. The van der Waals surface area contributed by atoms with E-state index in [1.165, 1.54) is 0 Å². The number of methoxy groups -OCH3 is 1. The summed E-state index contributed by atoms with van der Waals surface area (Å²) < 4.78 is 17.3. The highest BCUT2D eigenvalue weighted by atomic mass is 127. The Morgan fingerprint density at radius 1 is 1.10 bits per heavy atom. The van der Waals surface area contributed by atoms with Crippen molar-refractivity contribution in [3.8, 4) is 11.6 Å². The Labute approximate surface area is 132 Å². The number of nitrogens with zero attached hydrogens (tertiary/aromatic N) is 1. The van der Waals surface area contributed by atoms with Crippen molar-refractivity contribution in [2.45, 2.75) is 6.61 Å². The molecule has 2 rings (SSSR count). The summed E-state index contributed by atoms with van der Waals surface area (Å²) in [6.45, 7) is 1.53. The lowest BCUT2D eigenvalue weighted by Gasteiger charge is -2.08. The van der Waals surface area contributed by atoms with Crippen molar-refractivity contribution in [1.29, 1.82) is 0 Å². The summed E-state index contributed by atoms with van der Waals surface area (Å²) >= 11 is 2.26. The number of rotatable bonds is 7. The highest BCUT2D eigenvalue weighted by molar-refractivity contribution is 14.1. The summed E-state index contributed by atoms with van der Waals surface area (Å²) in [6.07, 6.45) is 1.72. The van der Waals surface area contributed by atoms with Gasteiger partial charge in [-0.1, -0.05) is 6.07 Å². The van der Waals surface area contributed by atoms with E-state index in [1.54, 1.807) is 13.3 Å². The highest BCUT2D eigenvalue weighted by Gasteiger charge is 2.00. The Hall–Kier alpha value is -1.34. The van der Waals surface area contributed by atoms with Gasteiger partial charge in [0, 0.05) is 22.9 Å². The summed E-state index contributed by atoms with van der Waals surface area (Å²) in [5.41, 5.74) is 1.02. The molecule has 0 amide bonds. The van der Waals surface area contributed by atoms with Gasteiger partial charge in [-0.15, -0.1) is 0 Å². The van der Waals surface area contributed by atoms with Gasteiger partial charge >= 0.3 is 0 Å². The van der Waals surface area contributed by atoms with Gasteiger partial charge in [0.05, 0.1) is 6.61 Å². The third kappa shape index (κ3) is 4.97. The molecule has 1 aromatic carbocycles. The molecule has 0 spiro atoms. The molecule has 0 radical (unpaired) electrons. The Bertz CT molecular complexity index is 548. The van der Waals surface area contributed by atoms with Crippen LogP contribution < -0.4 is 9.47 Å². The summed E-state index contributed by atoms with van der Waals surface area (Å²) in [5, 5.41) is 0. The molecule has 0 unspecified atom stereocenters. The molecule has 0 bridgehead atoms. The fourth-order valence-corrected chi connectivity index (χ4v) is 2.09. The van der Waals surface area contributed by atoms with Crippen molar-refractivity contribution in [1.82, 2.24) is 4.98 Å². The molecule has 0 saturated heterocycles. The number of ether oxygens (including phenoxy) is 3. The lowest BCUT2D eigenvalue weighted by atomic mass is 10.3. The first-order chi connectivity index (χ1) is 9.78. The van der Waals surface area contributed by atoms with Crippen LogP contribution in [0.3, 0.4) is 0 Å². The predicted molar refractivity (Wildman–Crippen MR) is 85.1 cm³/mol. The van der Waals surface area contributed by atoms with Crippen LogP contribution in [0.25, 0.3) is 0 Å². The zero-order chi connectivity index (χ0) is 14.2. The number of halogens is 1. The second kappa shape index (κ2) is 8.06. The van der Waals surface area contributed by atoms with E-state index in [0.29, 0.717) is 25.7 Å². The Morgan fingerprint density at radius 3 is 2.80 bits per heavy atom. The summed E-state index contributed by atoms with van der Waals surface area (Å²) in [7, 11) is 1.64. The predicted octanol–water partition coefficient (Wildman–Crippen LogP) is 3.29. The van der Waals surface area contributed by atoms with Crippen LogP contribution in [0.1, 0.15) is 5.56 Å². The molecular formula is C15H16INO3. The van der Waals surface area contributed by atoms with Gasteiger partial charge < -0.3 is 14.2 Å². The van der Waals surface area contributed by atoms with Gasteiger partial charge in [0.1, 0.15) is 19.0 Å². The van der Waals surface area contributed by atoms with E-state index in [1.807, 2.05) is 36.4 Å². The van der Waals surface area contributed by atoms with Gasteiger partial charge in [-0.3, -0.25) is 0 Å². The average Bonchev–Trinajstić information content (AvgIpc) is 2.46. The molecule has 106 valence electrons. The van der Waals surface area contributed by atoms with E-state index in [4.69, 9.17) is 14.2 Å². The Kier molecular flexibility index (Phi) is 6.07. The molecule has 0 aliphatic heterocycles. The first-order valence-electron chi connectivity index (χ1n) is 6.23. The van der Waals surface area contributed by atoms with Crippen LogP contribution in [-0.4, -0.2) is 25.3 Å². The minimum atomic E-state index is 0.489. The van der Waals surface area contributed by atoms with Crippen molar-refractivity contribution in [3.05, 3.63) is 51.7 Å². The number of aromatic nitrogens is 1. The minimum Gasteiger partial charge on any atom is -0.489 e. The normalized spacial score (nSPS) is 10.3. The van der Waals surface area contributed by atoms with Crippen LogP contribution in [0, 0.1) is 3.57 Å². The smallest absolute Gasteiger partial charge is 0.213 e. The number of hydrogen-bond acceptors (Lipinski definition) is 4. The zero-order valence-corrected chi connectivity index (χ0v) is 13.4. The topological polar surface area (TPSA) is 40.6 Å². The molecule has 20 heavy (non-hydrogen) atoms. The lowest BCUT2D eigenvalue weighted by molar-refractivity contribution is 0.143. The quantitative estimate of drug-likeness (QED) is 0.542. The first-order valence-corrected chi connectivity index (χ1v) is 7.31. The molecule has 0 aliphatic carbocycles. The fourth-order valence-electron chi connectivity index (χ4n) is 1.57. The highest BCUT2D eigenvalue weighted by Crippen LogP contribution is 2.17. The van der Waals surface area contributed by atoms with Gasteiger partial charge in [-0.05, 0) is 52.4 Å². The monoisotopic (exact) mass is 385 g/mol. The van der Waals surface area contributed by atoms with Crippen LogP contribution in [-0.2, 0) is 11.3 Å². The first kappa shape index (κ1) is 15.1. The average molecular weight is 385 g/mol. The third-order valence-electron chi connectivity index (χ3n) is 2.54. The SMILES string of the molecule is COCCOc1cc(COc2cccc(I)c2)ccn1. The molecule has 0 aliphatic rings. The van der Waals surface area contributed by atoms with E-state index in [2.05, 4.69) is 27.6 Å². The van der Waals surface area contributed by atoms with Crippen LogP contribution >= 0.6 is 22.6 Å². The van der Waals surface area contributed by atoms with E-state index >= 15 is 0 Å². The Balaban J connectivity index is 1.91.